The molecular weight excluding hydrogens is 254 g/mol. The van der Waals surface area contributed by atoms with Crippen molar-refractivity contribution >= 4 is 5.69 Å². The molecule has 0 aliphatic heterocycles. The minimum absolute atomic E-state index is 0.186. The van der Waals surface area contributed by atoms with Crippen molar-refractivity contribution in [3.63, 3.8) is 0 Å². The Bertz CT molecular complexity index is 582. The number of phenolic OH excluding ortho intramolecular Hbond substituents is 1. The van der Waals surface area contributed by atoms with Crippen LogP contribution in [-0.2, 0) is 6.54 Å². The Hall–Kier alpha value is -2.20. The van der Waals surface area contributed by atoms with Gasteiger partial charge in [0, 0.05) is 29.4 Å². The predicted molar refractivity (Wildman–Crippen MR) is 79.1 cm³/mol. The first-order chi connectivity index (χ1) is 9.61. The number of phenols is 1. The van der Waals surface area contributed by atoms with Crippen LogP contribution in [0.2, 0.25) is 0 Å². The van der Waals surface area contributed by atoms with E-state index in [4.69, 9.17) is 4.74 Å². The molecule has 2 rings (SSSR count). The molecule has 0 spiro atoms. The number of nitrogens with one attached hydrogen (secondary N) is 1. The number of aliphatic hydroxyl groups excluding tert-OH is 1. The molecule has 0 radical (unpaired) electrons. The maximum atomic E-state index is 9.91. The summed E-state index contributed by atoms with van der Waals surface area (Å²) in [6.45, 7) is 2.20. The predicted octanol–water partition coefficient (Wildman–Crippen LogP) is 3.07. The number of aromatic hydroxyl groups is 1. The van der Waals surface area contributed by atoms with Crippen LogP contribution in [0.3, 0.4) is 0 Å². The minimum Gasteiger partial charge on any atom is -0.507 e. The molecule has 1 unspecified atom stereocenters. The number of anilines is 1. The number of rotatable bonds is 5. The first-order valence-electron chi connectivity index (χ1n) is 6.48. The van der Waals surface area contributed by atoms with Gasteiger partial charge >= 0.3 is 0 Å². The molecule has 0 heterocycles. The molecule has 20 heavy (non-hydrogen) atoms. The van der Waals surface area contributed by atoms with Gasteiger partial charge in [-0.1, -0.05) is 18.2 Å². The Morgan fingerprint density at radius 3 is 2.60 bits per heavy atom. The van der Waals surface area contributed by atoms with Crippen LogP contribution in [0.1, 0.15) is 24.2 Å². The second-order valence-electron chi connectivity index (χ2n) is 4.61. The summed E-state index contributed by atoms with van der Waals surface area (Å²) < 4.78 is 5.05. The van der Waals surface area contributed by atoms with Crippen molar-refractivity contribution < 1.29 is 14.9 Å². The van der Waals surface area contributed by atoms with Crippen molar-refractivity contribution in [2.45, 2.75) is 19.6 Å². The molecule has 106 valence electrons. The van der Waals surface area contributed by atoms with E-state index in [1.807, 2.05) is 30.3 Å². The zero-order chi connectivity index (χ0) is 14.5. The molecule has 3 N–H and O–H groups in total. The SMILES string of the molecule is COc1ccc(CNc2ccccc2C(C)O)c(O)c1. The van der Waals surface area contributed by atoms with Crippen LogP contribution in [0.4, 0.5) is 5.69 Å². The smallest absolute Gasteiger partial charge is 0.124 e. The number of para-hydroxylation sites is 1. The topological polar surface area (TPSA) is 61.7 Å². The van der Waals surface area contributed by atoms with E-state index in [-0.39, 0.29) is 5.75 Å². The third kappa shape index (κ3) is 3.22. The van der Waals surface area contributed by atoms with Crippen molar-refractivity contribution in [2.75, 3.05) is 12.4 Å². The maximum absolute atomic E-state index is 9.91. The van der Waals surface area contributed by atoms with E-state index in [2.05, 4.69) is 5.32 Å². The quantitative estimate of drug-likeness (QED) is 0.783. The lowest BCUT2D eigenvalue weighted by Gasteiger charge is -2.14. The van der Waals surface area contributed by atoms with Crippen LogP contribution >= 0.6 is 0 Å². The fourth-order valence-electron chi connectivity index (χ4n) is 2.03. The molecule has 2 aromatic carbocycles. The third-order valence-electron chi connectivity index (χ3n) is 3.17. The highest BCUT2D eigenvalue weighted by Crippen LogP contribution is 2.26. The van der Waals surface area contributed by atoms with Gasteiger partial charge in [-0.25, -0.2) is 0 Å². The van der Waals surface area contributed by atoms with E-state index in [0.29, 0.717) is 12.3 Å². The number of hydrogen-bond donors (Lipinski definition) is 3. The fourth-order valence-corrected chi connectivity index (χ4v) is 2.03. The molecule has 4 heteroatoms. The highest BCUT2D eigenvalue weighted by atomic mass is 16.5. The standard InChI is InChI=1S/C16H19NO3/c1-11(18)14-5-3-4-6-15(14)17-10-12-7-8-13(20-2)9-16(12)19/h3-9,11,17-19H,10H2,1-2H3. The van der Waals surface area contributed by atoms with Gasteiger partial charge in [0.15, 0.2) is 0 Å². The van der Waals surface area contributed by atoms with Crippen LogP contribution in [0.5, 0.6) is 11.5 Å². The van der Waals surface area contributed by atoms with E-state index < -0.39 is 6.10 Å². The Morgan fingerprint density at radius 1 is 1.20 bits per heavy atom. The number of ether oxygens (including phenoxy) is 1. The molecule has 0 aliphatic rings. The maximum Gasteiger partial charge on any atom is 0.124 e. The molecule has 0 saturated heterocycles. The van der Waals surface area contributed by atoms with Gasteiger partial charge in [0.2, 0.25) is 0 Å². The molecule has 1 atom stereocenters. The van der Waals surface area contributed by atoms with Crippen molar-refractivity contribution in [3.05, 3.63) is 53.6 Å². The summed E-state index contributed by atoms with van der Waals surface area (Å²) in [7, 11) is 1.56. The summed E-state index contributed by atoms with van der Waals surface area (Å²) in [5, 5.41) is 22.9. The summed E-state index contributed by atoms with van der Waals surface area (Å²) in [4.78, 5) is 0. The van der Waals surface area contributed by atoms with Crippen LogP contribution in [-0.4, -0.2) is 17.3 Å². The Balaban J connectivity index is 2.13. The van der Waals surface area contributed by atoms with Crippen LogP contribution in [0, 0.1) is 0 Å². The molecule has 0 bridgehead atoms. The first-order valence-corrected chi connectivity index (χ1v) is 6.48. The Labute approximate surface area is 118 Å². The number of benzene rings is 2. The van der Waals surface area contributed by atoms with E-state index in [9.17, 15) is 10.2 Å². The minimum atomic E-state index is -0.539. The zero-order valence-corrected chi connectivity index (χ0v) is 11.6. The van der Waals surface area contributed by atoms with E-state index in [1.165, 1.54) is 0 Å². The van der Waals surface area contributed by atoms with Crippen molar-refractivity contribution in [1.82, 2.24) is 0 Å². The lowest BCUT2D eigenvalue weighted by atomic mass is 10.1. The summed E-state index contributed by atoms with van der Waals surface area (Å²) in [5.41, 5.74) is 2.46. The van der Waals surface area contributed by atoms with E-state index in [0.717, 1.165) is 16.8 Å². The highest BCUT2D eigenvalue weighted by Gasteiger charge is 2.08. The van der Waals surface area contributed by atoms with Gasteiger partial charge in [-0.05, 0) is 25.1 Å². The highest BCUT2D eigenvalue weighted by molar-refractivity contribution is 5.53. The van der Waals surface area contributed by atoms with Gasteiger partial charge in [0.1, 0.15) is 11.5 Å². The number of aliphatic hydroxyl groups is 1. The van der Waals surface area contributed by atoms with E-state index in [1.54, 1.807) is 26.2 Å². The summed E-state index contributed by atoms with van der Waals surface area (Å²) in [6.07, 6.45) is -0.539. The summed E-state index contributed by atoms with van der Waals surface area (Å²) >= 11 is 0. The normalized spacial score (nSPS) is 11.9. The lowest BCUT2D eigenvalue weighted by Crippen LogP contribution is -2.04. The molecule has 0 fully saturated rings. The number of hydrogen-bond acceptors (Lipinski definition) is 4. The molecular formula is C16H19NO3. The number of methoxy groups -OCH3 is 1. The molecule has 4 nitrogen and oxygen atoms in total. The van der Waals surface area contributed by atoms with Gasteiger partial charge < -0.3 is 20.3 Å². The second kappa shape index (κ2) is 6.30. The van der Waals surface area contributed by atoms with Gasteiger partial charge in [0.05, 0.1) is 13.2 Å². The van der Waals surface area contributed by atoms with E-state index >= 15 is 0 Å². The third-order valence-corrected chi connectivity index (χ3v) is 3.17. The first kappa shape index (κ1) is 14.2. The monoisotopic (exact) mass is 273 g/mol. The summed E-state index contributed by atoms with van der Waals surface area (Å²) in [5.74, 6) is 0.807. The molecule has 0 saturated carbocycles. The molecule has 0 amide bonds. The second-order valence-corrected chi connectivity index (χ2v) is 4.61. The van der Waals surface area contributed by atoms with Crippen LogP contribution in [0.25, 0.3) is 0 Å². The van der Waals surface area contributed by atoms with Crippen molar-refractivity contribution in [3.8, 4) is 11.5 Å². The molecule has 0 aromatic heterocycles. The lowest BCUT2D eigenvalue weighted by molar-refractivity contribution is 0.200. The molecule has 0 aliphatic carbocycles. The van der Waals surface area contributed by atoms with Crippen LogP contribution < -0.4 is 10.1 Å². The van der Waals surface area contributed by atoms with Crippen molar-refractivity contribution in [2.24, 2.45) is 0 Å². The largest absolute Gasteiger partial charge is 0.507 e. The average Bonchev–Trinajstić information content (AvgIpc) is 2.46. The van der Waals surface area contributed by atoms with Gasteiger partial charge in [-0.2, -0.15) is 0 Å². The van der Waals surface area contributed by atoms with Crippen molar-refractivity contribution in [1.29, 1.82) is 0 Å². The van der Waals surface area contributed by atoms with Crippen LogP contribution in [0.15, 0.2) is 42.5 Å². The van der Waals surface area contributed by atoms with Gasteiger partial charge in [-0.15, -0.1) is 0 Å². The van der Waals surface area contributed by atoms with Gasteiger partial charge in [0.25, 0.3) is 0 Å². The molecule has 2 aromatic rings. The zero-order valence-electron chi connectivity index (χ0n) is 11.6. The fraction of sp³-hybridized carbons (Fsp3) is 0.250. The Kier molecular flexibility index (Phi) is 4.48. The Morgan fingerprint density at radius 2 is 1.95 bits per heavy atom. The van der Waals surface area contributed by atoms with Gasteiger partial charge in [-0.3, -0.25) is 0 Å². The average molecular weight is 273 g/mol. The summed E-state index contributed by atoms with van der Waals surface area (Å²) in [6, 6.07) is 12.8.